The van der Waals surface area contributed by atoms with Crippen LogP contribution < -0.4 is 17.0 Å². The van der Waals surface area contributed by atoms with Crippen LogP contribution in [0.2, 0.25) is 0 Å². The van der Waals surface area contributed by atoms with Crippen molar-refractivity contribution in [1.82, 2.24) is 0 Å². The molecule has 3 nitrogen and oxygen atoms in total. The topological polar surface area (TPSA) is 26.3 Å². The molecule has 0 aliphatic rings. The van der Waals surface area contributed by atoms with E-state index in [4.69, 9.17) is 4.74 Å². The van der Waals surface area contributed by atoms with Crippen molar-refractivity contribution >= 4 is 5.97 Å². The molecule has 0 heterocycles. The molecular formula is C16H24BrNO2. The maximum atomic E-state index is 11.7. The number of benzene rings is 1. The van der Waals surface area contributed by atoms with Gasteiger partial charge in [-0.25, -0.2) is 4.79 Å². The SMILES string of the molecule is C=C(C)C(=O)OC(CC)[N+](C)(C)Cc1ccccc1.[Br-]. The molecule has 1 aromatic carbocycles. The summed E-state index contributed by atoms with van der Waals surface area (Å²) in [5, 5.41) is 0. The Morgan fingerprint density at radius 3 is 2.30 bits per heavy atom. The van der Waals surface area contributed by atoms with Crippen LogP contribution in [0.5, 0.6) is 0 Å². The average molecular weight is 342 g/mol. The zero-order valence-corrected chi connectivity index (χ0v) is 14.3. The Hall–Kier alpha value is -1.13. The van der Waals surface area contributed by atoms with Gasteiger partial charge in [0.2, 0.25) is 6.23 Å². The molecule has 0 bridgehead atoms. The molecule has 0 aliphatic heterocycles. The molecule has 0 radical (unpaired) electrons. The van der Waals surface area contributed by atoms with Gasteiger partial charge in [0.15, 0.2) is 0 Å². The number of carbonyl (C=O) groups is 1. The summed E-state index contributed by atoms with van der Waals surface area (Å²) >= 11 is 0. The van der Waals surface area contributed by atoms with Crippen LogP contribution in [0.15, 0.2) is 42.5 Å². The maximum Gasteiger partial charge on any atom is 0.337 e. The third-order valence-electron chi connectivity index (χ3n) is 3.15. The van der Waals surface area contributed by atoms with Gasteiger partial charge in [-0.1, -0.05) is 43.8 Å². The molecule has 0 spiro atoms. The van der Waals surface area contributed by atoms with Crippen LogP contribution in [0.4, 0.5) is 0 Å². The molecule has 1 aromatic rings. The smallest absolute Gasteiger partial charge is 0.337 e. The van der Waals surface area contributed by atoms with E-state index in [-0.39, 0.29) is 29.2 Å². The van der Waals surface area contributed by atoms with E-state index in [0.717, 1.165) is 13.0 Å². The molecule has 0 fully saturated rings. The summed E-state index contributed by atoms with van der Waals surface area (Å²) in [5.41, 5.74) is 1.68. The molecule has 0 aliphatic carbocycles. The molecule has 112 valence electrons. The fourth-order valence-corrected chi connectivity index (χ4v) is 2.10. The molecule has 0 N–H and O–H groups in total. The van der Waals surface area contributed by atoms with E-state index in [9.17, 15) is 4.79 Å². The van der Waals surface area contributed by atoms with Gasteiger partial charge in [0, 0.05) is 17.6 Å². The van der Waals surface area contributed by atoms with E-state index >= 15 is 0 Å². The maximum absolute atomic E-state index is 11.7. The Bertz CT molecular complexity index is 443. The number of quaternary nitrogens is 1. The van der Waals surface area contributed by atoms with Crippen LogP contribution in [-0.2, 0) is 16.1 Å². The lowest BCUT2D eigenvalue weighted by molar-refractivity contribution is -0.947. The number of nitrogens with zero attached hydrogens (tertiary/aromatic N) is 1. The normalized spacial score (nSPS) is 12.2. The quantitative estimate of drug-likeness (QED) is 0.318. The lowest BCUT2D eigenvalue weighted by Gasteiger charge is -2.36. The highest BCUT2D eigenvalue weighted by atomic mass is 79.9. The molecule has 4 heteroatoms. The zero-order valence-electron chi connectivity index (χ0n) is 12.7. The third kappa shape index (κ3) is 5.47. The number of hydrogen-bond donors (Lipinski definition) is 0. The van der Waals surface area contributed by atoms with E-state index in [1.54, 1.807) is 6.92 Å². The summed E-state index contributed by atoms with van der Waals surface area (Å²) in [7, 11) is 4.15. The summed E-state index contributed by atoms with van der Waals surface area (Å²) in [6.07, 6.45) is 0.614. The first-order valence-corrected chi connectivity index (χ1v) is 6.60. The number of halogens is 1. The minimum absolute atomic E-state index is 0. The lowest BCUT2D eigenvalue weighted by atomic mass is 10.2. The van der Waals surface area contributed by atoms with Crippen molar-refractivity contribution < 1.29 is 31.0 Å². The summed E-state index contributed by atoms with van der Waals surface area (Å²) < 4.78 is 6.14. The van der Waals surface area contributed by atoms with Crippen LogP contribution in [0.25, 0.3) is 0 Å². The highest BCUT2D eigenvalue weighted by molar-refractivity contribution is 5.86. The Balaban J connectivity index is 0.00000361. The first kappa shape index (κ1) is 18.9. The first-order valence-electron chi connectivity index (χ1n) is 6.60. The van der Waals surface area contributed by atoms with E-state index in [2.05, 4.69) is 32.8 Å². The Morgan fingerprint density at radius 1 is 1.30 bits per heavy atom. The number of esters is 1. The van der Waals surface area contributed by atoms with Gasteiger partial charge in [0.25, 0.3) is 0 Å². The molecule has 0 saturated carbocycles. The first-order chi connectivity index (χ1) is 8.86. The lowest BCUT2D eigenvalue weighted by Crippen LogP contribution is -3.00. The van der Waals surface area contributed by atoms with E-state index < -0.39 is 0 Å². The summed E-state index contributed by atoms with van der Waals surface area (Å²) in [6.45, 7) is 8.15. The van der Waals surface area contributed by atoms with Crippen LogP contribution in [0.3, 0.4) is 0 Å². The summed E-state index contributed by atoms with van der Waals surface area (Å²) in [6, 6.07) is 10.2. The van der Waals surface area contributed by atoms with E-state index in [1.807, 2.05) is 25.1 Å². The molecule has 1 rings (SSSR count). The van der Waals surface area contributed by atoms with Gasteiger partial charge in [0.1, 0.15) is 6.54 Å². The second kappa shape index (κ2) is 8.22. The molecule has 1 atom stereocenters. The van der Waals surface area contributed by atoms with Crippen molar-refractivity contribution in [2.45, 2.75) is 33.0 Å². The van der Waals surface area contributed by atoms with Gasteiger partial charge in [-0.2, -0.15) is 0 Å². The van der Waals surface area contributed by atoms with Gasteiger partial charge in [-0.05, 0) is 6.92 Å². The van der Waals surface area contributed by atoms with Crippen LogP contribution in [0.1, 0.15) is 25.8 Å². The molecule has 0 saturated heterocycles. The second-order valence-corrected chi connectivity index (χ2v) is 5.47. The fraction of sp³-hybridized carbons (Fsp3) is 0.438. The van der Waals surface area contributed by atoms with Crippen molar-refractivity contribution in [3.63, 3.8) is 0 Å². The predicted molar refractivity (Wildman–Crippen MR) is 77.2 cm³/mol. The standard InChI is InChI=1S/C16H24NO2.BrH/c1-6-15(19-16(18)13(2)3)17(4,5)12-14-10-8-7-9-11-14;/h7-11,15H,2,6,12H2,1,3-5H3;1H/q+1;/p-1. The van der Waals surface area contributed by atoms with Gasteiger partial charge in [0.05, 0.1) is 14.1 Å². The Morgan fingerprint density at radius 2 is 1.85 bits per heavy atom. The molecule has 1 unspecified atom stereocenters. The molecular weight excluding hydrogens is 318 g/mol. The Labute approximate surface area is 132 Å². The largest absolute Gasteiger partial charge is 1.00 e. The molecule has 0 aromatic heterocycles. The highest BCUT2D eigenvalue weighted by Gasteiger charge is 2.30. The van der Waals surface area contributed by atoms with Crippen molar-refractivity contribution in [3.05, 3.63) is 48.0 Å². The number of hydrogen-bond acceptors (Lipinski definition) is 2. The minimum Gasteiger partial charge on any atom is -1.00 e. The predicted octanol–water partition coefficient (Wildman–Crippen LogP) is 0.122. The van der Waals surface area contributed by atoms with Crippen molar-refractivity contribution in [1.29, 1.82) is 0 Å². The van der Waals surface area contributed by atoms with Crippen molar-refractivity contribution in [2.24, 2.45) is 0 Å². The number of rotatable bonds is 6. The van der Waals surface area contributed by atoms with Crippen LogP contribution in [0, 0.1) is 0 Å². The highest BCUT2D eigenvalue weighted by Crippen LogP contribution is 2.18. The summed E-state index contributed by atoms with van der Waals surface area (Å²) in [5.74, 6) is -0.314. The van der Waals surface area contributed by atoms with Crippen LogP contribution >= 0.6 is 0 Å². The second-order valence-electron chi connectivity index (χ2n) is 5.47. The third-order valence-corrected chi connectivity index (χ3v) is 3.15. The van der Waals surface area contributed by atoms with E-state index in [0.29, 0.717) is 10.1 Å². The zero-order chi connectivity index (χ0) is 14.5. The number of carbonyl (C=O) groups excluding carboxylic acids is 1. The molecule has 0 amide bonds. The average Bonchev–Trinajstić information content (AvgIpc) is 2.35. The Kier molecular flexibility index (Phi) is 7.76. The van der Waals surface area contributed by atoms with Crippen LogP contribution in [-0.4, -0.2) is 30.8 Å². The monoisotopic (exact) mass is 341 g/mol. The van der Waals surface area contributed by atoms with Gasteiger partial charge >= 0.3 is 5.97 Å². The van der Waals surface area contributed by atoms with Gasteiger partial charge in [-0.3, -0.25) is 4.48 Å². The van der Waals surface area contributed by atoms with Crippen molar-refractivity contribution in [3.8, 4) is 0 Å². The van der Waals surface area contributed by atoms with E-state index in [1.165, 1.54) is 5.56 Å². The van der Waals surface area contributed by atoms with Gasteiger partial charge in [-0.15, -0.1) is 0 Å². The van der Waals surface area contributed by atoms with Crippen molar-refractivity contribution in [2.75, 3.05) is 14.1 Å². The molecule has 20 heavy (non-hydrogen) atoms. The minimum atomic E-state index is -0.314. The fourth-order valence-electron chi connectivity index (χ4n) is 2.10. The number of ether oxygens (including phenoxy) is 1. The van der Waals surface area contributed by atoms with Gasteiger partial charge < -0.3 is 21.7 Å². The summed E-state index contributed by atoms with van der Waals surface area (Å²) in [4.78, 5) is 11.7.